The molecule has 2 heteroatoms. The van der Waals surface area contributed by atoms with Gasteiger partial charge in [-0.15, -0.1) is 0 Å². The molecule has 1 atom stereocenters. The summed E-state index contributed by atoms with van der Waals surface area (Å²) in [6.07, 6.45) is 2.33. The van der Waals surface area contributed by atoms with Crippen molar-refractivity contribution in [2.45, 2.75) is 32.7 Å². The molecule has 1 aromatic carbocycles. The Hall–Kier alpha value is -0.340. The number of hydrogen-bond donors (Lipinski definition) is 1. The molecule has 0 heterocycles. The number of hydrogen-bond acceptors (Lipinski definition) is 1. The molecule has 0 radical (unpaired) electrons. The molecule has 2 N–H and O–H groups in total. The van der Waals surface area contributed by atoms with Gasteiger partial charge in [-0.1, -0.05) is 35.8 Å². The maximum atomic E-state index is 6.26. The van der Waals surface area contributed by atoms with E-state index >= 15 is 0 Å². The van der Waals surface area contributed by atoms with E-state index < -0.39 is 0 Å². The van der Waals surface area contributed by atoms with Gasteiger partial charge in [0.05, 0.1) is 0 Å². The van der Waals surface area contributed by atoms with Gasteiger partial charge in [-0.2, -0.15) is 0 Å². The minimum Gasteiger partial charge on any atom is -0.323 e. The van der Waals surface area contributed by atoms with E-state index in [4.69, 9.17) is 5.73 Å². The Morgan fingerprint density at radius 2 is 2.14 bits per heavy atom. The number of nitrogens with two attached hydrogens (primary N) is 1. The molecule has 1 aromatic rings. The molecule has 0 aliphatic heterocycles. The number of rotatable bonds is 0. The Balaban J connectivity index is 2.46. The highest BCUT2D eigenvalue weighted by atomic mass is 79.9. The number of benzene rings is 1. The summed E-state index contributed by atoms with van der Waals surface area (Å²) in [6, 6.07) is 6.62. The molecule has 0 bridgehead atoms. The molecule has 2 rings (SSSR count). The third-order valence-corrected chi connectivity index (χ3v) is 3.81. The molecule has 0 amide bonds. The Morgan fingerprint density at radius 3 is 2.86 bits per heavy atom. The van der Waals surface area contributed by atoms with Gasteiger partial charge in [0.25, 0.3) is 0 Å². The van der Waals surface area contributed by atoms with Crippen LogP contribution >= 0.6 is 15.9 Å². The molecule has 0 fully saturated rings. The maximum Gasteiger partial charge on any atom is 0.0349 e. The van der Waals surface area contributed by atoms with Crippen LogP contribution in [-0.4, -0.2) is 0 Å². The van der Waals surface area contributed by atoms with Crippen molar-refractivity contribution in [2.75, 3.05) is 0 Å². The van der Waals surface area contributed by atoms with Crippen LogP contribution < -0.4 is 5.73 Å². The van der Waals surface area contributed by atoms with E-state index in [9.17, 15) is 0 Å². The van der Waals surface area contributed by atoms with Crippen molar-refractivity contribution in [3.05, 3.63) is 33.8 Å². The quantitative estimate of drug-likeness (QED) is 0.754. The van der Waals surface area contributed by atoms with E-state index in [1.165, 1.54) is 17.5 Å². The molecule has 0 saturated heterocycles. The molecular weight excluding hydrogens is 238 g/mol. The van der Waals surface area contributed by atoms with Crippen LogP contribution in [0.4, 0.5) is 0 Å². The summed E-state index contributed by atoms with van der Waals surface area (Å²) in [5.41, 5.74) is 9.23. The van der Waals surface area contributed by atoms with Gasteiger partial charge in [-0.3, -0.25) is 0 Å². The standard InChI is InChI=1S/C12H16BrN/c1-12(2)6-5-8-7-9(13)3-4-10(8)11(12)14/h3-4,7,11H,5-6,14H2,1-2H3. The fourth-order valence-electron chi connectivity index (χ4n) is 2.13. The van der Waals surface area contributed by atoms with Crippen molar-refractivity contribution >= 4 is 15.9 Å². The molecule has 1 unspecified atom stereocenters. The molecule has 0 aromatic heterocycles. The summed E-state index contributed by atoms with van der Waals surface area (Å²) in [7, 11) is 0. The summed E-state index contributed by atoms with van der Waals surface area (Å²) < 4.78 is 1.16. The highest BCUT2D eigenvalue weighted by Gasteiger charge is 2.32. The van der Waals surface area contributed by atoms with Gasteiger partial charge in [0.15, 0.2) is 0 Å². The molecule has 76 valence electrons. The number of aryl methyl sites for hydroxylation is 1. The zero-order valence-corrected chi connectivity index (χ0v) is 10.3. The zero-order valence-electron chi connectivity index (χ0n) is 8.68. The highest BCUT2D eigenvalue weighted by molar-refractivity contribution is 9.10. The van der Waals surface area contributed by atoms with Gasteiger partial charge < -0.3 is 5.73 Å². The van der Waals surface area contributed by atoms with Gasteiger partial charge in [0.1, 0.15) is 0 Å². The summed E-state index contributed by atoms with van der Waals surface area (Å²) in [4.78, 5) is 0. The Morgan fingerprint density at radius 1 is 1.43 bits per heavy atom. The van der Waals surface area contributed by atoms with Gasteiger partial charge in [0, 0.05) is 10.5 Å². The first-order valence-electron chi connectivity index (χ1n) is 5.04. The van der Waals surface area contributed by atoms with Crippen molar-refractivity contribution in [3.8, 4) is 0 Å². The van der Waals surface area contributed by atoms with E-state index in [0.717, 1.165) is 10.9 Å². The van der Waals surface area contributed by atoms with Crippen molar-refractivity contribution in [3.63, 3.8) is 0 Å². The topological polar surface area (TPSA) is 26.0 Å². The Kier molecular flexibility index (Phi) is 2.44. The lowest BCUT2D eigenvalue weighted by Crippen LogP contribution is -2.34. The third-order valence-electron chi connectivity index (χ3n) is 3.32. The summed E-state index contributed by atoms with van der Waals surface area (Å²) in [5.74, 6) is 0. The van der Waals surface area contributed by atoms with Gasteiger partial charge in [-0.25, -0.2) is 0 Å². The van der Waals surface area contributed by atoms with E-state index in [1.807, 2.05) is 0 Å². The first kappa shape index (κ1) is 10.2. The fraction of sp³-hybridized carbons (Fsp3) is 0.500. The van der Waals surface area contributed by atoms with E-state index in [1.54, 1.807) is 0 Å². The van der Waals surface area contributed by atoms with Crippen LogP contribution in [0.2, 0.25) is 0 Å². The van der Waals surface area contributed by atoms with Crippen LogP contribution in [-0.2, 0) is 6.42 Å². The van der Waals surface area contributed by atoms with E-state index in [-0.39, 0.29) is 11.5 Å². The van der Waals surface area contributed by atoms with Gasteiger partial charge in [-0.05, 0) is 41.5 Å². The molecule has 1 aliphatic rings. The highest BCUT2D eigenvalue weighted by Crippen LogP contribution is 2.42. The second-order valence-electron chi connectivity index (χ2n) is 4.81. The second kappa shape index (κ2) is 3.35. The van der Waals surface area contributed by atoms with Crippen molar-refractivity contribution in [1.29, 1.82) is 0 Å². The minimum absolute atomic E-state index is 0.180. The number of fused-ring (bicyclic) bond motifs is 1. The van der Waals surface area contributed by atoms with Gasteiger partial charge in [0.2, 0.25) is 0 Å². The SMILES string of the molecule is CC1(C)CCc2cc(Br)ccc2C1N. The average Bonchev–Trinajstić information content (AvgIpc) is 2.12. The molecule has 1 aliphatic carbocycles. The van der Waals surface area contributed by atoms with Crippen molar-refractivity contribution < 1.29 is 0 Å². The molecule has 0 saturated carbocycles. The molecule has 1 nitrogen and oxygen atoms in total. The van der Waals surface area contributed by atoms with Crippen molar-refractivity contribution in [2.24, 2.45) is 11.1 Å². The van der Waals surface area contributed by atoms with Crippen LogP contribution in [0.3, 0.4) is 0 Å². The normalized spacial score (nSPS) is 24.4. The smallest absolute Gasteiger partial charge is 0.0349 e. The van der Waals surface area contributed by atoms with Crippen molar-refractivity contribution in [1.82, 2.24) is 0 Å². The van der Waals surface area contributed by atoms with Crippen LogP contribution in [0.25, 0.3) is 0 Å². The van der Waals surface area contributed by atoms with Crippen LogP contribution in [0.5, 0.6) is 0 Å². The lowest BCUT2D eigenvalue weighted by Gasteiger charge is -2.37. The Labute approximate surface area is 93.8 Å². The summed E-state index contributed by atoms with van der Waals surface area (Å²) in [5, 5.41) is 0. The zero-order chi connectivity index (χ0) is 10.3. The lowest BCUT2D eigenvalue weighted by molar-refractivity contribution is 0.249. The first-order valence-corrected chi connectivity index (χ1v) is 5.84. The maximum absolute atomic E-state index is 6.26. The molecule has 14 heavy (non-hydrogen) atoms. The lowest BCUT2D eigenvalue weighted by atomic mass is 9.71. The van der Waals surface area contributed by atoms with E-state index in [2.05, 4.69) is 48.0 Å². The predicted molar refractivity (Wildman–Crippen MR) is 63.2 cm³/mol. The monoisotopic (exact) mass is 253 g/mol. The average molecular weight is 254 g/mol. The third kappa shape index (κ3) is 1.61. The van der Waals surface area contributed by atoms with E-state index in [0.29, 0.717) is 0 Å². The first-order chi connectivity index (χ1) is 6.50. The number of halogens is 1. The summed E-state index contributed by atoms with van der Waals surface area (Å²) >= 11 is 3.50. The van der Waals surface area contributed by atoms with Crippen LogP contribution in [0, 0.1) is 5.41 Å². The molecule has 0 spiro atoms. The minimum atomic E-state index is 0.180. The second-order valence-corrected chi connectivity index (χ2v) is 5.73. The predicted octanol–water partition coefficient (Wildman–Crippen LogP) is 3.42. The van der Waals surface area contributed by atoms with Gasteiger partial charge >= 0.3 is 0 Å². The Bertz CT molecular complexity index is 357. The van der Waals surface area contributed by atoms with Crippen LogP contribution in [0.1, 0.15) is 37.4 Å². The van der Waals surface area contributed by atoms with Crippen LogP contribution in [0.15, 0.2) is 22.7 Å². The fourth-order valence-corrected chi connectivity index (χ4v) is 2.54. The largest absolute Gasteiger partial charge is 0.323 e. The summed E-state index contributed by atoms with van der Waals surface area (Å²) in [6.45, 7) is 4.51. The molecular formula is C12H16BrN.